The Morgan fingerprint density at radius 2 is 2.29 bits per heavy atom. The van der Waals surface area contributed by atoms with E-state index in [1.54, 1.807) is 11.8 Å². The van der Waals surface area contributed by atoms with E-state index in [4.69, 9.17) is 4.74 Å². The number of methoxy groups -OCH3 is 1. The van der Waals surface area contributed by atoms with Crippen molar-refractivity contribution in [2.75, 3.05) is 23.9 Å². The minimum atomic E-state index is -0.580. The van der Waals surface area contributed by atoms with Crippen LogP contribution in [0.2, 0.25) is 0 Å². The molecule has 17 heavy (non-hydrogen) atoms. The van der Waals surface area contributed by atoms with Crippen molar-refractivity contribution in [3.63, 3.8) is 0 Å². The molecule has 1 unspecified atom stereocenters. The largest absolute Gasteiger partial charge is 0.467 e. The smallest absolute Gasteiger partial charge is 0.332 e. The Balaban J connectivity index is 2.25. The van der Waals surface area contributed by atoms with Crippen molar-refractivity contribution >= 4 is 39.3 Å². The Labute approximate surface area is 113 Å². The van der Waals surface area contributed by atoms with Crippen LogP contribution < -0.4 is 5.32 Å². The lowest BCUT2D eigenvalue weighted by Crippen LogP contribution is -2.47. The first-order valence-corrected chi connectivity index (χ1v) is 7.31. The van der Waals surface area contributed by atoms with Crippen LogP contribution in [0.15, 0.2) is 28.7 Å². The van der Waals surface area contributed by atoms with Crippen LogP contribution in [-0.4, -0.2) is 30.1 Å². The fourth-order valence-electron chi connectivity index (χ4n) is 1.89. The Morgan fingerprint density at radius 1 is 1.53 bits per heavy atom. The quantitative estimate of drug-likeness (QED) is 0.870. The number of benzene rings is 1. The van der Waals surface area contributed by atoms with Gasteiger partial charge in [0.2, 0.25) is 0 Å². The maximum atomic E-state index is 11.9. The fourth-order valence-corrected chi connectivity index (χ4v) is 3.60. The summed E-state index contributed by atoms with van der Waals surface area (Å²) in [6.45, 7) is 0. The van der Waals surface area contributed by atoms with Gasteiger partial charge >= 0.3 is 5.97 Å². The summed E-state index contributed by atoms with van der Waals surface area (Å²) < 4.78 is 5.88. The van der Waals surface area contributed by atoms with Crippen LogP contribution in [-0.2, 0) is 9.53 Å². The van der Waals surface area contributed by atoms with Crippen molar-refractivity contribution < 1.29 is 9.53 Å². The van der Waals surface area contributed by atoms with E-state index < -0.39 is 5.54 Å². The molecule has 1 N–H and O–H groups in total. The molecule has 92 valence electrons. The lowest BCUT2D eigenvalue weighted by atomic mass is 9.98. The zero-order valence-corrected chi connectivity index (χ0v) is 11.9. The normalized spacial score (nSPS) is 23.4. The van der Waals surface area contributed by atoms with Gasteiger partial charge in [0.1, 0.15) is 5.54 Å². The van der Waals surface area contributed by atoms with Gasteiger partial charge in [-0.05, 0) is 40.2 Å². The average Bonchev–Trinajstić information content (AvgIpc) is 2.81. The Hall–Kier alpha value is -0.680. The molecule has 1 aromatic rings. The number of carbonyl (C=O) groups is 1. The number of rotatable bonds is 3. The molecule has 1 saturated heterocycles. The van der Waals surface area contributed by atoms with Gasteiger partial charge in [0.25, 0.3) is 0 Å². The van der Waals surface area contributed by atoms with Crippen molar-refractivity contribution in [3.8, 4) is 0 Å². The summed E-state index contributed by atoms with van der Waals surface area (Å²) >= 11 is 5.25. The van der Waals surface area contributed by atoms with Crippen molar-refractivity contribution in [1.82, 2.24) is 0 Å². The number of hydrogen-bond donors (Lipinski definition) is 1. The molecule has 1 aliphatic rings. The van der Waals surface area contributed by atoms with Gasteiger partial charge in [-0.3, -0.25) is 0 Å². The van der Waals surface area contributed by atoms with Crippen LogP contribution in [0, 0.1) is 0 Å². The van der Waals surface area contributed by atoms with Gasteiger partial charge in [-0.15, -0.1) is 0 Å². The predicted octanol–water partition coefficient (Wildman–Crippen LogP) is 2.91. The van der Waals surface area contributed by atoms with Crippen LogP contribution in [0.5, 0.6) is 0 Å². The molecule has 1 atom stereocenters. The summed E-state index contributed by atoms with van der Waals surface area (Å²) in [5, 5.41) is 3.33. The van der Waals surface area contributed by atoms with E-state index in [9.17, 15) is 4.79 Å². The molecule has 3 nitrogen and oxygen atoms in total. The summed E-state index contributed by atoms with van der Waals surface area (Å²) in [7, 11) is 1.44. The van der Waals surface area contributed by atoms with Gasteiger partial charge < -0.3 is 10.1 Å². The third-order valence-corrected chi connectivity index (χ3v) is 4.73. The fraction of sp³-hybridized carbons (Fsp3) is 0.417. The Kier molecular flexibility index (Phi) is 3.99. The number of thioether (sulfide) groups is 1. The number of anilines is 1. The lowest BCUT2D eigenvalue weighted by molar-refractivity contribution is -0.145. The molecule has 0 spiro atoms. The first kappa shape index (κ1) is 12.8. The minimum Gasteiger partial charge on any atom is -0.467 e. The summed E-state index contributed by atoms with van der Waals surface area (Å²) in [6.07, 6.45) is 0.797. The number of para-hydroxylation sites is 1. The van der Waals surface area contributed by atoms with Crippen LogP contribution >= 0.6 is 27.7 Å². The van der Waals surface area contributed by atoms with Crippen LogP contribution in [0.4, 0.5) is 5.69 Å². The number of esters is 1. The lowest BCUT2D eigenvalue weighted by Gasteiger charge is -2.28. The monoisotopic (exact) mass is 315 g/mol. The zero-order chi connectivity index (χ0) is 12.3. The van der Waals surface area contributed by atoms with Crippen LogP contribution in [0.25, 0.3) is 0 Å². The van der Waals surface area contributed by atoms with E-state index in [1.165, 1.54) is 7.11 Å². The summed E-state index contributed by atoms with van der Waals surface area (Å²) in [4.78, 5) is 11.9. The van der Waals surface area contributed by atoms with E-state index in [2.05, 4.69) is 21.2 Å². The number of carbonyl (C=O) groups excluding carboxylic acids is 1. The summed E-state index contributed by atoms with van der Waals surface area (Å²) in [6, 6.07) is 7.80. The van der Waals surface area contributed by atoms with Gasteiger partial charge in [-0.25, -0.2) is 4.79 Å². The van der Waals surface area contributed by atoms with Gasteiger partial charge in [-0.1, -0.05) is 12.1 Å². The Morgan fingerprint density at radius 3 is 2.88 bits per heavy atom. The molecule has 1 aromatic carbocycles. The van der Waals surface area contributed by atoms with E-state index in [-0.39, 0.29) is 5.97 Å². The second-order valence-corrected chi connectivity index (χ2v) is 5.94. The third-order valence-electron chi connectivity index (χ3n) is 2.85. The van der Waals surface area contributed by atoms with Crippen LogP contribution in [0.3, 0.4) is 0 Å². The molecule has 1 heterocycles. The molecule has 0 radical (unpaired) electrons. The first-order valence-electron chi connectivity index (χ1n) is 5.37. The molecule has 5 heteroatoms. The SMILES string of the molecule is COC(=O)C1(Nc2ccccc2Br)CCSC1. The molecule has 1 fully saturated rings. The van der Waals surface area contributed by atoms with Crippen molar-refractivity contribution in [2.24, 2.45) is 0 Å². The second-order valence-electron chi connectivity index (χ2n) is 3.98. The van der Waals surface area contributed by atoms with E-state index in [0.717, 1.165) is 28.1 Å². The number of nitrogens with one attached hydrogen (secondary N) is 1. The van der Waals surface area contributed by atoms with Gasteiger partial charge in [-0.2, -0.15) is 11.8 Å². The molecule has 0 aromatic heterocycles. The summed E-state index contributed by atoms with van der Waals surface area (Å²) in [5.41, 5.74) is 0.351. The highest BCUT2D eigenvalue weighted by molar-refractivity contribution is 9.10. The highest BCUT2D eigenvalue weighted by Gasteiger charge is 2.43. The zero-order valence-electron chi connectivity index (χ0n) is 9.53. The highest BCUT2D eigenvalue weighted by atomic mass is 79.9. The molecule has 0 bridgehead atoms. The minimum absolute atomic E-state index is 0.182. The van der Waals surface area contributed by atoms with Gasteiger partial charge in [0.15, 0.2) is 0 Å². The van der Waals surface area contributed by atoms with E-state index in [0.29, 0.717) is 0 Å². The average molecular weight is 316 g/mol. The predicted molar refractivity (Wildman–Crippen MR) is 74.5 cm³/mol. The van der Waals surface area contributed by atoms with Gasteiger partial charge in [0, 0.05) is 15.9 Å². The maximum absolute atomic E-state index is 11.9. The topological polar surface area (TPSA) is 38.3 Å². The van der Waals surface area contributed by atoms with Crippen molar-refractivity contribution in [1.29, 1.82) is 0 Å². The summed E-state index contributed by atoms with van der Waals surface area (Å²) in [5.74, 6) is 1.55. The number of halogens is 1. The number of hydrogen-bond acceptors (Lipinski definition) is 4. The molecule has 2 rings (SSSR count). The van der Waals surface area contributed by atoms with Gasteiger partial charge in [0.05, 0.1) is 7.11 Å². The van der Waals surface area contributed by atoms with E-state index >= 15 is 0 Å². The van der Waals surface area contributed by atoms with E-state index in [1.807, 2.05) is 24.3 Å². The molecule has 0 saturated carbocycles. The molecule has 0 aliphatic carbocycles. The maximum Gasteiger partial charge on any atom is 0.332 e. The molecular formula is C12H14BrNO2S. The Bertz CT molecular complexity index is 419. The molecule has 0 amide bonds. The first-order chi connectivity index (χ1) is 8.18. The van der Waals surface area contributed by atoms with Crippen molar-refractivity contribution in [3.05, 3.63) is 28.7 Å². The second kappa shape index (κ2) is 5.31. The van der Waals surface area contributed by atoms with Crippen LogP contribution in [0.1, 0.15) is 6.42 Å². The standard InChI is InChI=1S/C12H14BrNO2S/c1-16-11(15)12(6-7-17-8-12)14-10-5-3-2-4-9(10)13/h2-5,14H,6-8H2,1H3. The van der Waals surface area contributed by atoms with Crippen molar-refractivity contribution in [2.45, 2.75) is 12.0 Å². The number of ether oxygens (including phenoxy) is 1. The molecule has 1 aliphatic heterocycles. The molecular weight excluding hydrogens is 302 g/mol. The third kappa shape index (κ3) is 2.60. The highest BCUT2D eigenvalue weighted by Crippen LogP contribution is 2.34.